The average Bonchev–Trinajstić information content (AvgIpc) is 2.89. The minimum atomic E-state index is -0.646. The van der Waals surface area contributed by atoms with E-state index in [1.165, 1.54) is 11.8 Å². The van der Waals surface area contributed by atoms with E-state index in [1.54, 1.807) is 72.8 Å². The van der Waals surface area contributed by atoms with Crippen LogP contribution >= 0.6 is 11.8 Å². The molecule has 9 heteroatoms. The van der Waals surface area contributed by atoms with Crippen LogP contribution in [-0.2, 0) is 14.3 Å². The van der Waals surface area contributed by atoms with Crippen LogP contribution in [0.2, 0.25) is 0 Å². The number of carbonyl (C=O) groups is 3. The Morgan fingerprint density at radius 3 is 1.81 bits per heavy atom. The second-order valence-electron chi connectivity index (χ2n) is 7.37. The van der Waals surface area contributed by atoms with E-state index >= 15 is 0 Å². The maximum atomic E-state index is 12.6. The van der Waals surface area contributed by atoms with E-state index < -0.39 is 18.5 Å². The molecule has 0 aromatic heterocycles. The maximum absolute atomic E-state index is 12.6. The highest BCUT2D eigenvalue weighted by molar-refractivity contribution is 8.00. The molecule has 3 rings (SSSR count). The second-order valence-corrected chi connectivity index (χ2v) is 8.39. The van der Waals surface area contributed by atoms with Crippen LogP contribution in [0.5, 0.6) is 11.5 Å². The second kappa shape index (κ2) is 13.8. The van der Waals surface area contributed by atoms with E-state index in [1.807, 2.05) is 13.8 Å². The van der Waals surface area contributed by atoms with Gasteiger partial charge in [-0.05, 0) is 74.5 Å². The summed E-state index contributed by atoms with van der Waals surface area (Å²) in [5, 5.41) is 5.48. The zero-order chi connectivity index (χ0) is 25.8. The van der Waals surface area contributed by atoms with E-state index in [-0.39, 0.29) is 17.2 Å². The predicted octanol–water partition coefficient (Wildman–Crippen LogP) is 5.01. The summed E-state index contributed by atoms with van der Waals surface area (Å²) in [7, 11) is 0. The highest BCUT2D eigenvalue weighted by atomic mass is 32.2. The molecule has 0 spiro atoms. The Morgan fingerprint density at radius 2 is 1.25 bits per heavy atom. The molecule has 0 saturated heterocycles. The van der Waals surface area contributed by atoms with Gasteiger partial charge in [-0.15, -0.1) is 11.8 Å². The lowest BCUT2D eigenvalue weighted by atomic mass is 10.2. The minimum absolute atomic E-state index is 0.0930. The topological polar surface area (TPSA) is 103 Å². The summed E-state index contributed by atoms with van der Waals surface area (Å²) in [6, 6.07) is 20.8. The SMILES string of the molecule is CCOc1ccc(NC(=O)COC(=O)c2ccccc2SCC(=O)Nc2ccc(OCC)cc2)cc1. The van der Waals surface area contributed by atoms with Crippen molar-refractivity contribution < 1.29 is 28.6 Å². The molecule has 0 aliphatic carbocycles. The third kappa shape index (κ3) is 8.35. The number of hydrogen-bond donors (Lipinski definition) is 2. The van der Waals surface area contributed by atoms with Crippen molar-refractivity contribution in [1.29, 1.82) is 0 Å². The smallest absolute Gasteiger partial charge is 0.339 e. The molecule has 2 amide bonds. The fraction of sp³-hybridized carbons (Fsp3) is 0.222. The molecule has 0 atom stereocenters. The van der Waals surface area contributed by atoms with Crippen LogP contribution in [0.1, 0.15) is 24.2 Å². The van der Waals surface area contributed by atoms with Gasteiger partial charge in [0.05, 0.1) is 24.5 Å². The molecule has 0 bridgehead atoms. The van der Waals surface area contributed by atoms with Crippen molar-refractivity contribution in [3.63, 3.8) is 0 Å². The monoisotopic (exact) mass is 508 g/mol. The van der Waals surface area contributed by atoms with Gasteiger partial charge in [0, 0.05) is 16.3 Å². The number of benzene rings is 3. The number of hydrogen-bond acceptors (Lipinski definition) is 7. The van der Waals surface area contributed by atoms with Gasteiger partial charge in [-0.2, -0.15) is 0 Å². The van der Waals surface area contributed by atoms with E-state index in [9.17, 15) is 14.4 Å². The lowest BCUT2D eigenvalue weighted by molar-refractivity contribution is -0.119. The first kappa shape index (κ1) is 26.6. The molecule has 0 aliphatic heterocycles. The van der Waals surface area contributed by atoms with Crippen LogP contribution in [0.3, 0.4) is 0 Å². The lowest BCUT2D eigenvalue weighted by Gasteiger charge is -2.11. The molecule has 0 radical (unpaired) electrons. The maximum Gasteiger partial charge on any atom is 0.339 e. The third-order valence-corrected chi connectivity index (χ3v) is 5.77. The molecule has 3 aromatic rings. The van der Waals surface area contributed by atoms with Crippen molar-refractivity contribution in [3.8, 4) is 11.5 Å². The fourth-order valence-corrected chi connectivity index (χ4v) is 3.95. The Balaban J connectivity index is 1.49. The fourth-order valence-electron chi connectivity index (χ4n) is 3.11. The Morgan fingerprint density at radius 1 is 0.722 bits per heavy atom. The van der Waals surface area contributed by atoms with Crippen LogP contribution in [0, 0.1) is 0 Å². The van der Waals surface area contributed by atoms with E-state index in [0.29, 0.717) is 35.2 Å². The summed E-state index contributed by atoms with van der Waals surface area (Å²) >= 11 is 1.21. The first-order valence-electron chi connectivity index (χ1n) is 11.4. The zero-order valence-electron chi connectivity index (χ0n) is 20.1. The molecular weight excluding hydrogens is 480 g/mol. The van der Waals surface area contributed by atoms with Gasteiger partial charge in [0.15, 0.2) is 6.61 Å². The number of carbonyl (C=O) groups excluding carboxylic acids is 3. The molecule has 0 saturated carbocycles. The molecule has 0 heterocycles. The van der Waals surface area contributed by atoms with Gasteiger partial charge < -0.3 is 24.8 Å². The van der Waals surface area contributed by atoms with E-state index in [0.717, 1.165) is 5.75 Å². The Kier molecular flexibility index (Phi) is 10.2. The largest absolute Gasteiger partial charge is 0.494 e. The summed E-state index contributed by atoms with van der Waals surface area (Å²) in [5.74, 6) is 0.186. The van der Waals surface area contributed by atoms with Crippen molar-refractivity contribution in [2.24, 2.45) is 0 Å². The van der Waals surface area contributed by atoms with Gasteiger partial charge in [-0.25, -0.2) is 4.79 Å². The number of rotatable bonds is 12. The Labute approximate surface area is 214 Å². The predicted molar refractivity (Wildman–Crippen MR) is 140 cm³/mol. The van der Waals surface area contributed by atoms with E-state index in [2.05, 4.69) is 10.6 Å². The van der Waals surface area contributed by atoms with Crippen LogP contribution < -0.4 is 20.1 Å². The highest BCUT2D eigenvalue weighted by Crippen LogP contribution is 2.24. The van der Waals surface area contributed by atoms with Gasteiger partial charge in [0.25, 0.3) is 5.91 Å². The third-order valence-electron chi connectivity index (χ3n) is 4.70. The number of thioether (sulfide) groups is 1. The number of amides is 2. The summed E-state index contributed by atoms with van der Waals surface area (Å²) in [6.45, 7) is 4.47. The van der Waals surface area contributed by atoms with Crippen molar-refractivity contribution in [3.05, 3.63) is 78.4 Å². The highest BCUT2D eigenvalue weighted by Gasteiger charge is 2.16. The standard InChI is InChI=1S/C27H28N2O6S/c1-3-33-21-13-9-19(10-14-21)28-25(30)17-35-27(32)23-7-5-6-8-24(23)36-18-26(31)29-20-11-15-22(16-12-20)34-4-2/h5-16H,3-4,17-18H2,1-2H3,(H,28,30)(H,29,31). The quantitative estimate of drug-likeness (QED) is 0.262. The minimum Gasteiger partial charge on any atom is -0.494 e. The van der Waals surface area contributed by atoms with Gasteiger partial charge in [-0.3, -0.25) is 9.59 Å². The van der Waals surface area contributed by atoms with Crippen LogP contribution in [-0.4, -0.2) is 43.4 Å². The molecule has 2 N–H and O–H groups in total. The molecule has 0 unspecified atom stereocenters. The van der Waals surface area contributed by atoms with Crippen molar-refractivity contribution >= 4 is 40.9 Å². The summed E-state index contributed by atoms with van der Waals surface area (Å²) < 4.78 is 16.0. The molecular formula is C27H28N2O6S. The normalized spacial score (nSPS) is 10.3. The lowest BCUT2D eigenvalue weighted by Crippen LogP contribution is -2.21. The summed E-state index contributed by atoms with van der Waals surface area (Å²) in [4.78, 5) is 37.8. The van der Waals surface area contributed by atoms with Gasteiger partial charge >= 0.3 is 5.97 Å². The zero-order valence-corrected chi connectivity index (χ0v) is 20.9. The molecule has 0 fully saturated rings. The van der Waals surface area contributed by atoms with Gasteiger partial charge in [0.2, 0.25) is 5.91 Å². The van der Waals surface area contributed by atoms with Crippen molar-refractivity contribution in [2.75, 3.05) is 36.2 Å². The number of esters is 1. The molecule has 188 valence electrons. The van der Waals surface area contributed by atoms with Crippen LogP contribution in [0.25, 0.3) is 0 Å². The van der Waals surface area contributed by atoms with Crippen molar-refractivity contribution in [2.45, 2.75) is 18.7 Å². The first-order valence-corrected chi connectivity index (χ1v) is 12.4. The summed E-state index contributed by atoms with van der Waals surface area (Å²) in [6.07, 6.45) is 0. The van der Waals surface area contributed by atoms with Crippen molar-refractivity contribution in [1.82, 2.24) is 0 Å². The molecule has 3 aromatic carbocycles. The number of nitrogens with one attached hydrogen (secondary N) is 2. The Bertz CT molecular complexity index is 1170. The first-order chi connectivity index (χ1) is 17.5. The molecule has 8 nitrogen and oxygen atoms in total. The van der Waals surface area contributed by atoms with Crippen LogP contribution in [0.15, 0.2) is 77.7 Å². The van der Waals surface area contributed by atoms with Gasteiger partial charge in [0.1, 0.15) is 11.5 Å². The number of anilines is 2. The average molecular weight is 509 g/mol. The molecule has 36 heavy (non-hydrogen) atoms. The summed E-state index contributed by atoms with van der Waals surface area (Å²) in [5.41, 5.74) is 1.49. The van der Waals surface area contributed by atoms with Crippen LogP contribution in [0.4, 0.5) is 11.4 Å². The van der Waals surface area contributed by atoms with Gasteiger partial charge in [-0.1, -0.05) is 12.1 Å². The number of ether oxygens (including phenoxy) is 3. The Hall–Kier alpha value is -3.98. The van der Waals surface area contributed by atoms with E-state index in [4.69, 9.17) is 14.2 Å². The molecule has 0 aliphatic rings.